The van der Waals surface area contributed by atoms with Crippen LogP contribution in [0, 0.1) is 5.92 Å². The zero-order valence-corrected chi connectivity index (χ0v) is 24.1. The molecule has 11 heteroatoms. The van der Waals surface area contributed by atoms with Crippen LogP contribution in [0.3, 0.4) is 0 Å². The second kappa shape index (κ2) is 13.8. The summed E-state index contributed by atoms with van der Waals surface area (Å²) in [6.45, 7) is 8.46. The molecule has 1 saturated carbocycles. The Kier molecular flexibility index (Phi) is 9.97. The first-order valence-corrected chi connectivity index (χ1v) is 15.0. The Bertz CT molecular complexity index is 1260. The molecule has 0 amide bonds. The summed E-state index contributed by atoms with van der Waals surface area (Å²) >= 11 is 0. The highest BCUT2D eigenvalue weighted by Gasteiger charge is 2.27. The van der Waals surface area contributed by atoms with E-state index in [1.54, 1.807) is 31.2 Å². The summed E-state index contributed by atoms with van der Waals surface area (Å²) in [6, 6.07) is 9.30. The van der Waals surface area contributed by atoms with Gasteiger partial charge in [0.15, 0.2) is 5.82 Å². The van der Waals surface area contributed by atoms with Crippen molar-refractivity contribution in [3.8, 4) is 5.82 Å². The molecule has 2 aromatic heterocycles. The van der Waals surface area contributed by atoms with Gasteiger partial charge in [0.25, 0.3) is 6.43 Å². The standard InChI is InChI=1S/C30H42F3N7O/c1-3-4-13-39(20-21(2)31)23-11-9-22(10-12-23)19-34-30-36-26(38-14-16-41-17-15-38)18-27(37-30)40-25-8-6-5-7-24(25)35-29(40)28(32)33/h5-8,18,21-23,28H,3-4,9-17,19-20H2,1-2H3,(H,34,36,37)/t21?,22-,23-. The van der Waals surface area contributed by atoms with Crippen molar-refractivity contribution in [1.29, 1.82) is 0 Å². The molecule has 1 unspecified atom stereocenters. The van der Waals surface area contributed by atoms with Crippen LogP contribution in [0.2, 0.25) is 0 Å². The number of unbranched alkanes of at least 4 members (excludes halogenated alkanes) is 1. The van der Waals surface area contributed by atoms with E-state index in [1.807, 2.05) is 6.07 Å². The first kappa shape index (κ1) is 29.6. The first-order chi connectivity index (χ1) is 19.9. The molecular weight excluding hydrogens is 531 g/mol. The number of nitrogens with one attached hydrogen (secondary N) is 1. The molecule has 1 saturated heterocycles. The van der Waals surface area contributed by atoms with Crippen LogP contribution in [0.15, 0.2) is 30.3 Å². The Morgan fingerprint density at radius 3 is 2.46 bits per heavy atom. The second-order valence-corrected chi connectivity index (χ2v) is 11.3. The number of alkyl halides is 3. The topological polar surface area (TPSA) is 71.3 Å². The monoisotopic (exact) mass is 573 g/mol. The van der Waals surface area contributed by atoms with Gasteiger partial charge < -0.3 is 15.0 Å². The third-order valence-corrected chi connectivity index (χ3v) is 8.21. The summed E-state index contributed by atoms with van der Waals surface area (Å²) in [4.78, 5) is 18.2. The third kappa shape index (κ3) is 7.30. The molecule has 41 heavy (non-hydrogen) atoms. The smallest absolute Gasteiger partial charge is 0.296 e. The van der Waals surface area contributed by atoms with Gasteiger partial charge in [0, 0.05) is 38.3 Å². The number of imidazole rings is 1. The fourth-order valence-electron chi connectivity index (χ4n) is 6.06. The van der Waals surface area contributed by atoms with Crippen LogP contribution in [0.1, 0.15) is 64.6 Å². The number of hydrogen-bond donors (Lipinski definition) is 1. The van der Waals surface area contributed by atoms with E-state index in [2.05, 4.69) is 27.0 Å². The van der Waals surface area contributed by atoms with E-state index in [1.165, 1.54) is 4.57 Å². The lowest BCUT2D eigenvalue weighted by molar-refractivity contribution is 0.108. The maximum atomic E-state index is 14.1. The number of para-hydroxylation sites is 2. The van der Waals surface area contributed by atoms with Crippen LogP contribution in [0.4, 0.5) is 24.9 Å². The largest absolute Gasteiger partial charge is 0.378 e. The Hall–Kier alpha value is -2.92. The van der Waals surface area contributed by atoms with E-state index in [4.69, 9.17) is 14.7 Å². The number of anilines is 2. The lowest BCUT2D eigenvalue weighted by Gasteiger charge is -2.37. The van der Waals surface area contributed by atoms with Crippen molar-refractivity contribution in [3.63, 3.8) is 0 Å². The summed E-state index contributed by atoms with van der Waals surface area (Å²) < 4.78 is 49.1. The van der Waals surface area contributed by atoms with Crippen LogP contribution < -0.4 is 10.2 Å². The van der Waals surface area contributed by atoms with Crippen LogP contribution in [0.25, 0.3) is 16.9 Å². The van der Waals surface area contributed by atoms with Gasteiger partial charge in [-0.3, -0.25) is 9.47 Å². The molecule has 0 bridgehead atoms. The minimum Gasteiger partial charge on any atom is -0.378 e. The molecule has 224 valence electrons. The number of aromatic nitrogens is 4. The van der Waals surface area contributed by atoms with E-state index in [9.17, 15) is 13.2 Å². The van der Waals surface area contributed by atoms with Crippen molar-refractivity contribution in [2.45, 2.75) is 71.0 Å². The number of nitrogens with zero attached hydrogens (tertiary/aromatic N) is 6. The van der Waals surface area contributed by atoms with Crippen LogP contribution in [0.5, 0.6) is 0 Å². The van der Waals surface area contributed by atoms with E-state index in [0.29, 0.717) is 80.0 Å². The van der Waals surface area contributed by atoms with Gasteiger partial charge in [-0.1, -0.05) is 25.5 Å². The zero-order chi connectivity index (χ0) is 28.8. The Labute approximate surface area is 240 Å². The molecule has 0 radical (unpaired) electrons. The van der Waals surface area contributed by atoms with Crippen molar-refractivity contribution in [2.24, 2.45) is 5.92 Å². The molecule has 1 aliphatic carbocycles. The third-order valence-electron chi connectivity index (χ3n) is 8.21. The lowest BCUT2D eigenvalue weighted by Crippen LogP contribution is -2.42. The van der Waals surface area contributed by atoms with Crippen molar-refractivity contribution in [2.75, 3.05) is 56.2 Å². The molecule has 8 nitrogen and oxygen atoms in total. The van der Waals surface area contributed by atoms with Crippen LogP contribution >= 0.6 is 0 Å². The predicted molar refractivity (Wildman–Crippen MR) is 156 cm³/mol. The van der Waals surface area contributed by atoms with E-state index in [0.717, 1.165) is 45.1 Å². The molecule has 1 atom stereocenters. The SMILES string of the molecule is CCCCN(CC(C)F)[C@H]1CC[C@H](CNc2nc(N3CCOCC3)cc(-n3c(C(F)F)nc4ccccc43)n2)CC1. The summed E-state index contributed by atoms with van der Waals surface area (Å²) in [5, 5.41) is 3.43. The van der Waals surface area contributed by atoms with Gasteiger partial charge in [0.1, 0.15) is 17.8 Å². The summed E-state index contributed by atoms with van der Waals surface area (Å²) in [5.74, 6) is 1.56. The molecule has 0 spiro atoms. The van der Waals surface area contributed by atoms with Crippen LogP contribution in [-0.2, 0) is 4.74 Å². The minimum absolute atomic E-state index is 0.336. The highest BCUT2D eigenvalue weighted by molar-refractivity contribution is 5.78. The number of halogens is 3. The van der Waals surface area contributed by atoms with Gasteiger partial charge in [0.2, 0.25) is 5.95 Å². The number of morpholine rings is 1. The fraction of sp³-hybridized carbons (Fsp3) is 0.633. The van der Waals surface area contributed by atoms with Gasteiger partial charge >= 0.3 is 0 Å². The zero-order valence-electron chi connectivity index (χ0n) is 24.1. The second-order valence-electron chi connectivity index (χ2n) is 11.3. The maximum Gasteiger partial charge on any atom is 0.296 e. The van der Waals surface area contributed by atoms with Gasteiger partial charge in [-0.05, 0) is 63.6 Å². The molecule has 1 aliphatic heterocycles. The van der Waals surface area contributed by atoms with Crippen molar-refractivity contribution < 1.29 is 17.9 Å². The van der Waals surface area contributed by atoms with E-state index >= 15 is 0 Å². The first-order valence-electron chi connectivity index (χ1n) is 15.0. The average molecular weight is 574 g/mol. The van der Waals surface area contributed by atoms with Crippen LogP contribution in [-0.4, -0.2) is 82.6 Å². The number of ether oxygens (including phenoxy) is 1. The Morgan fingerprint density at radius 1 is 1.02 bits per heavy atom. The maximum absolute atomic E-state index is 14.1. The van der Waals surface area contributed by atoms with Crippen molar-refractivity contribution >= 4 is 22.8 Å². The minimum atomic E-state index is -2.76. The summed E-state index contributed by atoms with van der Waals surface area (Å²) in [7, 11) is 0. The number of hydrogen-bond acceptors (Lipinski definition) is 7. The lowest BCUT2D eigenvalue weighted by atomic mass is 9.85. The van der Waals surface area contributed by atoms with Crippen molar-refractivity contribution in [1.82, 2.24) is 24.4 Å². The highest BCUT2D eigenvalue weighted by Crippen LogP contribution is 2.31. The van der Waals surface area contributed by atoms with Crippen molar-refractivity contribution in [3.05, 3.63) is 36.2 Å². The van der Waals surface area contributed by atoms with Gasteiger partial charge in [-0.2, -0.15) is 9.97 Å². The molecule has 1 aromatic carbocycles. The predicted octanol–water partition coefficient (Wildman–Crippen LogP) is 6.02. The normalized spacial score (nSPS) is 20.7. The molecule has 2 aliphatic rings. The number of rotatable bonds is 12. The van der Waals surface area contributed by atoms with E-state index in [-0.39, 0.29) is 5.82 Å². The molecule has 2 fully saturated rings. The Balaban J connectivity index is 1.34. The van der Waals surface area contributed by atoms with E-state index < -0.39 is 12.6 Å². The average Bonchev–Trinajstić information content (AvgIpc) is 3.39. The van der Waals surface area contributed by atoms with Gasteiger partial charge in [0.05, 0.1) is 24.2 Å². The number of benzene rings is 1. The molecule has 3 aromatic rings. The molecule has 1 N–H and O–H groups in total. The quantitative estimate of drug-likeness (QED) is 0.284. The molecular formula is C30H42F3N7O. The molecule has 3 heterocycles. The fourth-order valence-corrected chi connectivity index (χ4v) is 6.06. The molecule has 5 rings (SSSR count). The Morgan fingerprint density at radius 2 is 1.76 bits per heavy atom. The summed E-state index contributed by atoms with van der Waals surface area (Å²) in [6.07, 6.45) is 2.78. The number of fused-ring (bicyclic) bond motifs is 1. The van der Waals surface area contributed by atoms with Gasteiger partial charge in [-0.15, -0.1) is 0 Å². The highest BCUT2D eigenvalue weighted by atomic mass is 19.3. The summed E-state index contributed by atoms with van der Waals surface area (Å²) in [5.41, 5.74) is 1.07. The van der Waals surface area contributed by atoms with Gasteiger partial charge in [-0.25, -0.2) is 18.2 Å².